The second kappa shape index (κ2) is 9.21. The van der Waals surface area contributed by atoms with Crippen LogP contribution in [0.2, 0.25) is 0 Å². The van der Waals surface area contributed by atoms with Crippen molar-refractivity contribution in [2.24, 2.45) is 0 Å². The number of ether oxygens (including phenoxy) is 1. The Bertz CT molecular complexity index is 1430. The van der Waals surface area contributed by atoms with Crippen molar-refractivity contribution in [2.45, 2.75) is 11.4 Å². The van der Waals surface area contributed by atoms with Gasteiger partial charge < -0.3 is 9.15 Å². The molecule has 3 aromatic carbocycles. The lowest BCUT2D eigenvalue weighted by molar-refractivity contribution is 0.172. The number of halogens is 1. The van der Waals surface area contributed by atoms with Gasteiger partial charge in [-0.3, -0.25) is 4.90 Å². The standard InChI is InChI=1S/C26H25FN2O4S/c1-32-26-8-3-2-7-24(26)19-9-10-25-20(15-19)16-22(33-25)18-28-11-13-29(14-12-28)34(30,31)23-6-4-5-21(27)17-23/h2-10,15-17H,11-14,18H2,1H3. The molecule has 0 radical (unpaired) electrons. The summed E-state index contributed by atoms with van der Waals surface area (Å²) in [6.07, 6.45) is 0. The molecule has 1 aliphatic heterocycles. The zero-order valence-electron chi connectivity index (χ0n) is 18.8. The Morgan fingerprint density at radius 3 is 2.50 bits per heavy atom. The van der Waals surface area contributed by atoms with Crippen molar-refractivity contribution >= 4 is 21.0 Å². The first-order chi connectivity index (χ1) is 16.4. The zero-order chi connectivity index (χ0) is 23.7. The Morgan fingerprint density at radius 1 is 0.941 bits per heavy atom. The quantitative estimate of drug-likeness (QED) is 0.398. The van der Waals surface area contributed by atoms with Gasteiger partial charge in [-0.15, -0.1) is 0 Å². The minimum atomic E-state index is -3.71. The van der Waals surface area contributed by atoms with Gasteiger partial charge in [-0.2, -0.15) is 4.31 Å². The lowest BCUT2D eigenvalue weighted by Crippen LogP contribution is -2.48. The van der Waals surface area contributed by atoms with Gasteiger partial charge in [0.15, 0.2) is 0 Å². The number of hydrogen-bond donors (Lipinski definition) is 0. The summed E-state index contributed by atoms with van der Waals surface area (Å²) in [5.74, 6) is 1.09. The van der Waals surface area contributed by atoms with Gasteiger partial charge in [-0.1, -0.05) is 30.3 Å². The number of para-hydroxylation sites is 1. The molecule has 6 nitrogen and oxygen atoms in total. The largest absolute Gasteiger partial charge is 0.496 e. The molecule has 1 fully saturated rings. The topological polar surface area (TPSA) is 63.0 Å². The molecule has 0 saturated carbocycles. The van der Waals surface area contributed by atoms with Crippen molar-refractivity contribution in [3.05, 3.63) is 84.4 Å². The highest BCUT2D eigenvalue weighted by Crippen LogP contribution is 2.33. The number of fused-ring (bicyclic) bond motifs is 1. The van der Waals surface area contributed by atoms with Gasteiger partial charge in [0.1, 0.15) is 22.9 Å². The molecule has 1 aliphatic rings. The summed E-state index contributed by atoms with van der Waals surface area (Å²) in [5, 5.41) is 1.01. The normalized spacial score (nSPS) is 15.6. The van der Waals surface area contributed by atoms with E-state index in [1.54, 1.807) is 7.11 Å². The van der Waals surface area contributed by atoms with Crippen LogP contribution in [0.15, 0.2) is 82.1 Å². The minimum Gasteiger partial charge on any atom is -0.496 e. The van der Waals surface area contributed by atoms with Crippen LogP contribution in [0.5, 0.6) is 5.75 Å². The van der Waals surface area contributed by atoms with E-state index < -0.39 is 15.8 Å². The second-order valence-corrected chi connectivity index (χ2v) is 10.2. The first-order valence-corrected chi connectivity index (χ1v) is 12.5. The third-order valence-electron chi connectivity index (χ3n) is 6.13. The van der Waals surface area contributed by atoms with Crippen LogP contribution in [0.25, 0.3) is 22.1 Å². The van der Waals surface area contributed by atoms with E-state index >= 15 is 0 Å². The summed E-state index contributed by atoms with van der Waals surface area (Å²) >= 11 is 0. The van der Waals surface area contributed by atoms with E-state index in [0.717, 1.165) is 39.7 Å². The number of hydrogen-bond acceptors (Lipinski definition) is 5. The van der Waals surface area contributed by atoms with E-state index in [9.17, 15) is 12.8 Å². The van der Waals surface area contributed by atoms with Crippen LogP contribution in [0.1, 0.15) is 5.76 Å². The Hall–Kier alpha value is -3.20. The van der Waals surface area contributed by atoms with Crippen LogP contribution >= 0.6 is 0 Å². The van der Waals surface area contributed by atoms with E-state index in [2.05, 4.69) is 11.0 Å². The first kappa shape index (κ1) is 22.6. The van der Waals surface area contributed by atoms with Crippen molar-refractivity contribution < 1.29 is 22.0 Å². The van der Waals surface area contributed by atoms with E-state index in [1.807, 2.05) is 42.5 Å². The van der Waals surface area contributed by atoms with Crippen LogP contribution in [0, 0.1) is 5.82 Å². The van der Waals surface area contributed by atoms with Crippen molar-refractivity contribution in [3.8, 4) is 16.9 Å². The fraction of sp³-hybridized carbons (Fsp3) is 0.231. The van der Waals surface area contributed by atoms with E-state index in [4.69, 9.17) is 9.15 Å². The smallest absolute Gasteiger partial charge is 0.243 e. The molecule has 2 heterocycles. The molecule has 176 valence electrons. The molecule has 5 rings (SSSR count). The number of benzene rings is 3. The average Bonchev–Trinajstić information content (AvgIpc) is 3.25. The molecule has 34 heavy (non-hydrogen) atoms. The number of sulfonamides is 1. The van der Waals surface area contributed by atoms with Crippen molar-refractivity contribution in [2.75, 3.05) is 33.3 Å². The molecule has 0 spiro atoms. The van der Waals surface area contributed by atoms with Gasteiger partial charge in [0.2, 0.25) is 10.0 Å². The van der Waals surface area contributed by atoms with Crippen molar-refractivity contribution in [1.29, 1.82) is 0 Å². The van der Waals surface area contributed by atoms with Gasteiger partial charge >= 0.3 is 0 Å². The van der Waals surface area contributed by atoms with Crippen LogP contribution in [0.4, 0.5) is 4.39 Å². The molecule has 0 amide bonds. The van der Waals surface area contributed by atoms with Crippen molar-refractivity contribution in [1.82, 2.24) is 9.21 Å². The Labute approximate surface area is 198 Å². The molecular formula is C26H25FN2O4S. The van der Waals surface area contributed by atoms with Crippen molar-refractivity contribution in [3.63, 3.8) is 0 Å². The predicted octanol–water partition coefficient (Wildman–Crippen LogP) is 4.75. The molecule has 1 saturated heterocycles. The third-order valence-corrected chi connectivity index (χ3v) is 8.02. The molecule has 0 aliphatic carbocycles. The lowest BCUT2D eigenvalue weighted by atomic mass is 10.0. The van der Waals surface area contributed by atoms with E-state index in [-0.39, 0.29) is 4.90 Å². The third kappa shape index (κ3) is 4.44. The van der Waals surface area contributed by atoms with E-state index in [0.29, 0.717) is 32.7 Å². The summed E-state index contributed by atoms with van der Waals surface area (Å²) in [4.78, 5) is 2.15. The predicted molar refractivity (Wildman–Crippen MR) is 129 cm³/mol. The molecular weight excluding hydrogens is 455 g/mol. The first-order valence-electron chi connectivity index (χ1n) is 11.1. The Kier molecular flexibility index (Phi) is 6.12. The lowest BCUT2D eigenvalue weighted by Gasteiger charge is -2.33. The van der Waals surface area contributed by atoms with Gasteiger partial charge in [-0.05, 0) is 48.0 Å². The summed E-state index contributed by atoms with van der Waals surface area (Å²) in [5.41, 5.74) is 2.87. The number of piperazine rings is 1. The molecule has 0 unspecified atom stereocenters. The number of nitrogens with zero attached hydrogens (tertiary/aromatic N) is 2. The molecule has 0 N–H and O–H groups in total. The van der Waals surface area contributed by atoms with Crippen LogP contribution < -0.4 is 4.74 Å². The summed E-state index contributed by atoms with van der Waals surface area (Å²) in [7, 11) is -2.04. The molecule has 0 atom stereocenters. The van der Waals surface area contributed by atoms with Gasteiger partial charge in [0, 0.05) is 37.1 Å². The molecule has 8 heteroatoms. The highest BCUT2D eigenvalue weighted by Gasteiger charge is 2.29. The fourth-order valence-electron chi connectivity index (χ4n) is 4.35. The second-order valence-electron chi connectivity index (χ2n) is 8.30. The highest BCUT2D eigenvalue weighted by molar-refractivity contribution is 7.89. The van der Waals surface area contributed by atoms with E-state index in [1.165, 1.54) is 22.5 Å². The Morgan fingerprint density at radius 2 is 1.74 bits per heavy atom. The van der Waals surface area contributed by atoms with Crippen LogP contribution in [-0.2, 0) is 16.6 Å². The zero-order valence-corrected chi connectivity index (χ0v) is 19.6. The summed E-state index contributed by atoms with van der Waals surface area (Å²) in [6.45, 7) is 2.41. The molecule has 1 aromatic heterocycles. The van der Waals surface area contributed by atoms with Crippen LogP contribution in [0.3, 0.4) is 0 Å². The fourth-order valence-corrected chi connectivity index (χ4v) is 5.81. The maximum absolute atomic E-state index is 13.5. The maximum atomic E-state index is 13.5. The van der Waals surface area contributed by atoms with Gasteiger partial charge in [0.05, 0.1) is 18.6 Å². The monoisotopic (exact) mass is 480 g/mol. The number of methoxy groups -OCH3 is 1. The van der Waals surface area contributed by atoms with Gasteiger partial charge in [0.25, 0.3) is 0 Å². The number of furan rings is 1. The maximum Gasteiger partial charge on any atom is 0.243 e. The van der Waals surface area contributed by atoms with Gasteiger partial charge in [-0.25, -0.2) is 12.8 Å². The summed E-state index contributed by atoms with van der Waals surface area (Å²) in [6, 6.07) is 21.1. The summed E-state index contributed by atoms with van der Waals surface area (Å²) < 4.78 is 52.1. The SMILES string of the molecule is COc1ccccc1-c1ccc2oc(CN3CCN(S(=O)(=O)c4cccc(F)c4)CC3)cc2c1. The molecule has 4 aromatic rings. The van der Waals surface area contributed by atoms with Crippen LogP contribution in [-0.4, -0.2) is 50.9 Å². The molecule has 0 bridgehead atoms. The average molecular weight is 481 g/mol. The highest BCUT2D eigenvalue weighted by atomic mass is 32.2. The minimum absolute atomic E-state index is 0.0101. The Balaban J connectivity index is 1.27. The number of rotatable bonds is 6.